The molecule has 1 unspecified atom stereocenters. The number of aryl methyl sites for hydroxylation is 2. The van der Waals surface area contributed by atoms with Crippen LogP contribution in [0.3, 0.4) is 0 Å². The van der Waals surface area contributed by atoms with Crippen molar-refractivity contribution in [3.63, 3.8) is 0 Å². The summed E-state index contributed by atoms with van der Waals surface area (Å²) >= 11 is 0. The Morgan fingerprint density at radius 2 is 2.22 bits per heavy atom. The average molecular weight is 274 g/mol. The van der Waals surface area contributed by atoms with Crippen LogP contribution in [0.1, 0.15) is 12.1 Å². The third kappa shape index (κ3) is 2.30. The molecule has 1 aromatic rings. The van der Waals surface area contributed by atoms with Crippen molar-refractivity contribution in [2.24, 2.45) is 7.05 Å². The molecule has 0 radical (unpaired) electrons. The first-order chi connectivity index (χ1) is 8.30. The Morgan fingerprint density at radius 1 is 1.56 bits per heavy atom. The summed E-state index contributed by atoms with van der Waals surface area (Å²) in [7, 11) is -1.43. The van der Waals surface area contributed by atoms with Crippen LogP contribution >= 0.6 is 0 Å². The zero-order valence-electron chi connectivity index (χ0n) is 10.1. The molecule has 8 nitrogen and oxygen atoms in total. The van der Waals surface area contributed by atoms with Crippen molar-refractivity contribution in [3.05, 3.63) is 15.8 Å². The number of nitro groups is 1. The van der Waals surface area contributed by atoms with E-state index in [9.17, 15) is 18.5 Å². The van der Waals surface area contributed by atoms with Gasteiger partial charge in [0.1, 0.15) is 5.69 Å². The monoisotopic (exact) mass is 274 g/mol. The number of aromatic nitrogens is 2. The van der Waals surface area contributed by atoms with Gasteiger partial charge in [-0.05, 0) is 13.3 Å². The predicted octanol–water partition coefficient (Wildman–Crippen LogP) is 0.236. The van der Waals surface area contributed by atoms with Crippen LogP contribution in [-0.4, -0.2) is 40.7 Å². The number of nitrogens with zero attached hydrogens (tertiary/aromatic N) is 3. The number of nitrogens with one attached hydrogen (secondary N) is 1. The fraction of sp³-hybridized carbons (Fsp3) is 0.667. The lowest BCUT2D eigenvalue weighted by Gasteiger charge is -2.11. The quantitative estimate of drug-likeness (QED) is 0.624. The van der Waals surface area contributed by atoms with Gasteiger partial charge in [-0.2, -0.15) is 5.10 Å². The van der Waals surface area contributed by atoms with Gasteiger partial charge in [-0.15, -0.1) is 0 Å². The first-order valence-corrected chi connectivity index (χ1v) is 7.27. The van der Waals surface area contributed by atoms with Crippen LogP contribution in [0.25, 0.3) is 0 Å². The van der Waals surface area contributed by atoms with Crippen molar-refractivity contribution in [2.75, 3.05) is 16.8 Å². The minimum absolute atomic E-state index is 0.00832. The summed E-state index contributed by atoms with van der Waals surface area (Å²) < 4.78 is 24.1. The van der Waals surface area contributed by atoms with Gasteiger partial charge in [0.05, 0.1) is 16.4 Å². The summed E-state index contributed by atoms with van der Waals surface area (Å²) in [6.45, 7) is 1.55. The van der Waals surface area contributed by atoms with Gasteiger partial charge in [0, 0.05) is 13.1 Å². The maximum Gasteiger partial charge on any atom is 0.333 e. The summed E-state index contributed by atoms with van der Waals surface area (Å²) in [4.78, 5) is 10.4. The van der Waals surface area contributed by atoms with Crippen LogP contribution in [-0.2, 0) is 16.9 Å². The smallest absolute Gasteiger partial charge is 0.333 e. The van der Waals surface area contributed by atoms with Crippen LogP contribution in [0, 0.1) is 17.0 Å². The lowest BCUT2D eigenvalue weighted by atomic mass is 10.2. The van der Waals surface area contributed by atoms with Gasteiger partial charge < -0.3 is 5.32 Å². The third-order valence-electron chi connectivity index (χ3n) is 2.95. The van der Waals surface area contributed by atoms with E-state index in [0.717, 1.165) is 0 Å². The Hall–Kier alpha value is -1.64. The van der Waals surface area contributed by atoms with Crippen LogP contribution in [0.2, 0.25) is 0 Å². The Balaban J connectivity index is 2.27. The molecule has 1 atom stereocenters. The van der Waals surface area contributed by atoms with Crippen LogP contribution in [0.15, 0.2) is 0 Å². The summed E-state index contributed by atoms with van der Waals surface area (Å²) in [5, 5.41) is 17.8. The second kappa shape index (κ2) is 4.23. The predicted molar refractivity (Wildman–Crippen MR) is 65.3 cm³/mol. The third-order valence-corrected chi connectivity index (χ3v) is 4.71. The van der Waals surface area contributed by atoms with E-state index in [0.29, 0.717) is 12.1 Å². The van der Waals surface area contributed by atoms with Crippen LogP contribution in [0.5, 0.6) is 0 Å². The summed E-state index contributed by atoms with van der Waals surface area (Å²) in [6, 6.07) is -0.288. The largest absolute Gasteiger partial charge is 0.361 e. The lowest BCUT2D eigenvalue weighted by molar-refractivity contribution is -0.384. The van der Waals surface area contributed by atoms with Gasteiger partial charge in [-0.25, -0.2) is 13.1 Å². The standard InChI is InChI=1S/C9H14N4O4S/c1-6-8(13(14)15)9(12(2)11-6)10-7-3-4-18(16,17)5-7/h7,10H,3-5H2,1-2H3. The van der Waals surface area contributed by atoms with E-state index in [1.165, 1.54) is 4.68 Å². The highest BCUT2D eigenvalue weighted by Gasteiger charge is 2.32. The van der Waals surface area contributed by atoms with Gasteiger partial charge in [-0.3, -0.25) is 10.1 Å². The maximum atomic E-state index is 11.3. The molecule has 0 bridgehead atoms. The zero-order valence-corrected chi connectivity index (χ0v) is 10.9. The van der Waals surface area contributed by atoms with Crippen molar-refractivity contribution in [3.8, 4) is 0 Å². The van der Waals surface area contributed by atoms with Crippen LogP contribution < -0.4 is 5.32 Å². The first kappa shape index (κ1) is 12.8. The fourth-order valence-electron chi connectivity index (χ4n) is 2.13. The van der Waals surface area contributed by atoms with Gasteiger partial charge in [0.25, 0.3) is 0 Å². The molecule has 2 heterocycles. The molecule has 0 amide bonds. The molecule has 9 heteroatoms. The molecule has 100 valence electrons. The Bertz CT molecular complexity index is 592. The molecule has 1 N–H and O–H groups in total. The van der Waals surface area contributed by atoms with Crippen molar-refractivity contribution >= 4 is 21.3 Å². The Labute approximate surface area is 104 Å². The van der Waals surface area contributed by atoms with Gasteiger partial charge in [0.15, 0.2) is 9.84 Å². The topological polar surface area (TPSA) is 107 Å². The highest BCUT2D eigenvalue weighted by molar-refractivity contribution is 7.91. The van der Waals surface area contributed by atoms with E-state index < -0.39 is 14.8 Å². The molecule has 0 saturated carbocycles. The SMILES string of the molecule is Cc1nn(C)c(NC2CCS(=O)(=O)C2)c1[N+](=O)[O-]. The zero-order chi connectivity index (χ0) is 13.5. The van der Waals surface area contributed by atoms with E-state index >= 15 is 0 Å². The molecular weight excluding hydrogens is 260 g/mol. The maximum absolute atomic E-state index is 11.3. The van der Waals surface area contributed by atoms with E-state index in [4.69, 9.17) is 0 Å². The van der Waals surface area contributed by atoms with Gasteiger partial charge in [-0.1, -0.05) is 0 Å². The van der Waals surface area contributed by atoms with Gasteiger partial charge >= 0.3 is 5.69 Å². The normalized spacial score (nSPS) is 22.0. The van der Waals surface area contributed by atoms with Crippen LogP contribution in [0.4, 0.5) is 11.5 Å². The van der Waals surface area contributed by atoms with E-state index in [2.05, 4.69) is 10.4 Å². The molecule has 1 aliphatic rings. The summed E-state index contributed by atoms with van der Waals surface area (Å²) in [5.41, 5.74) is 0.215. The number of rotatable bonds is 3. The highest BCUT2D eigenvalue weighted by atomic mass is 32.2. The van der Waals surface area contributed by atoms with Crippen molar-refractivity contribution in [1.29, 1.82) is 0 Å². The van der Waals surface area contributed by atoms with E-state index in [1.807, 2.05) is 0 Å². The van der Waals surface area contributed by atoms with Crippen molar-refractivity contribution in [1.82, 2.24) is 9.78 Å². The molecule has 0 aromatic carbocycles. The highest BCUT2D eigenvalue weighted by Crippen LogP contribution is 2.29. The second-order valence-electron chi connectivity index (χ2n) is 4.41. The van der Waals surface area contributed by atoms with Gasteiger partial charge in [0.2, 0.25) is 5.82 Å². The molecule has 1 aliphatic heterocycles. The molecule has 0 spiro atoms. The Kier molecular flexibility index (Phi) is 3.01. The summed E-state index contributed by atoms with van der Waals surface area (Å²) in [6.07, 6.45) is 0.462. The number of sulfone groups is 1. The lowest BCUT2D eigenvalue weighted by Crippen LogP contribution is -2.22. The minimum atomic E-state index is -3.02. The molecule has 0 aliphatic carbocycles. The number of anilines is 1. The number of hydrogen-bond acceptors (Lipinski definition) is 6. The molecule has 2 rings (SSSR count). The Morgan fingerprint density at radius 3 is 2.72 bits per heavy atom. The number of hydrogen-bond donors (Lipinski definition) is 1. The van der Waals surface area contributed by atoms with E-state index in [-0.39, 0.29) is 29.1 Å². The molecule has 1 fully saturated rings. The first-order valence-electron chi connectivity index (χ1n) is 5.45. The molecular formula is C9H14N4O4S. The van der Waals surface area contributed by atoms with Crippen molar-refractivity contribution < 1.29 is 13.3 Å². The molecule has 1 saturated heterocycles. The summed E-state index contributed by atoms with van der Waals surface area (Å²) in [5.74, 6) is 0.392. The molecule has 1 aromatic heterocycles. The second-order valence-corrected chi connectivity index (χ2v) is 6.64. The minimum Gasteiger partial charge on any atom is -0.361 e. The fourth-order valence-corrected chi connectivity index (χ4v) is 3.80. The average Bonchev–Trinajstić information content (AvgIpc) is 2.68. The van der Waals surface area contributed by atoms with E-state index in [1.54, 1.807) is 14.0 Å². The van der Waals surface area contributed by atoms with Crippen molar-refractivity contribution in [2.45, 2.75) is 19.4 Å². The molecule has 18 heavy (non-hydrogen) atoms.